The van der Waals surface area contributed by atoms with Crippen LogP contribution in [0.25, 0.3) is 0 Å². The summed E-state index contributed by atoms with van der Waals surface area (Å²) < 4.78 is 0. The zero-order valence-corrected chi connectivity index (χ0v) is 14.3. The van der Waals surface area contributed by atoms with Crippen LogP contribution in [-0.4, -0.2) is 77.2 Å². The van der Waals surface area contributed by atoms with Crippen LogP contribution in [0.1, 0.15) is 19.3 Å². The van der Waals surface area contributed by atoms with Gasteiger partial charge < -0.3 is 20.0 Å². The molecule has 2 heterocycles. The predicted molar refractivity (Wildman–Crippen MR) is 93.7 cm³/mol. The van der Waals surface area contributed by atoms with E-state index in [0.29, 0.717) is 6.54 Å². The molecule has 2 fully saturated rings. The number of hydrogen-bond donors (Lipinski definition) is 2. The van der Waals surface area contributed by atoms with Gasteiger partial charge in [-0.1, -0.05) is 0 Å². The molecule has 0 spiro atoms. The summed E-state index contributed by atoms with van der Waals surface area (Å²) in [6, 6.07) is 6.96. The van der Waals surface area contributed by atoms with Crippen LogP contribution in [0, 0.1) is 0 Å². The molecule has 2 N–H and O–H groups in total. The maximum absolute atomic E-state index is 12.7. The maximum atomic E-state index is 12.7. The fraction of sp³-hybridized carbons (Fsp3) is 0.556. The minimum Gasteiger partial charge on any atom is -0.508 e. The van der Waals surface area contributed by atoms with Gasteiger partial charge in [-0.15, -0.1) is 0 Å². The summed E-state index contributed by atoms with van der Waals surface area (Å²) in [5, 5.41) is 18.4. The molecule has 0 aromatic heterocycles. The lowest BCUT2D eigenvalue weighted by Crippen LogP contribution is -2.55. The number of amides is 1. The first kappa shape index (κ1) is 17.5. The van der Waals surface area contributed by atoms with E-state index in [9.17, 15) is 14.7 Å². The number of aromatic hydroxyl groups is 1. The number of carboxylic acids is 1. The Bertz CT molecular complexity index is 611. The fourth-order valence-electron chi connectivity index (χ4n) is 3.70. The third-order valence-electron chi connectivity index (χ3n) is 5.05. The normalized spacial score (nSPS) is 22.7. The molecule has 1 aromatic carbocycles. The summed E-state index contributed by atoms with van der Waals surface area (Å²) >= 11 is 0. The summed E-state index contributed by atoms with van der Waals surface area (Å²) in [5.41, 5.74) is 1.07. The highest BCUT2D eigenvalue weighted by molar-refractivity contribution is 5.85. The molecule has 1 atom stereocenters. The summed E-state index contributed by atoms with van der Waals surface area (Å²) in [5.74, 6) is -0.742. The molecular formula is C18H25N3O4. The third-order valence-corrected chi connectivity index (χ3v) is 5.05. The summed E-state index contributed by atoms with van der Waals surface area (Å²) in [6.45, 7) is 3.51. The Kier molecular flexibility index (Phi) is 5.43. The van der Waals surface area contributed by atoms with Gasteiger partial charge in [-0.05, 0) is 43.5 Å². The van der Waals surface area contributed by atoms with Gasteiger partial charge in [0.15, 0.2) is 0 Å². The highest BCUT2D eigenvalue weighted by Gasteiger charge is 2.34. The van der Waals surface area contributed by atoms with Crippen molar-refractivity contribution in [3.63, 3.8) is 0 Å². The largest absolute Gasteiger partial charge is 0.508 e. The Morgan fingerprint density at radius 2 is 1.72 bits per heavy atom. The Morgan fingerprint density at radius 3 is 2.36 bits per heavy atom. The van der Waals surface area contributed by atoms with Crippen LogP contribution in [0.5, 0.6) is 5.75 Å². The van der Waals surface area contributed by atoms with E-state index in [1.165, 1.54) is 4.90 Å². The van der Waals surface area contributed by atoms with Crippen molar-refractivity contribution < 1.29 is 19.8 Å². The van der Waals surface area contributed by atoms with Gasteiger partial charge in [-0.2, -0.15) is 0 Å². The lowest BCUT2D eigenvalue weighted by molar-refractivity contribution is -0.146. The molecule has 136 valence electrons. The zero-order valence-electron chi connectivity index (χ0n) is 14.3. The van der Waals surface area contributed by atoms with E-state index >= 15 is 0 Å². The molecule has 25 heavy (non-hydrogen) atoms. The topological polar surface area (TPSA) is 84.3 Å². The van der Waals surface area contributed by atoms with E-state index in [4.69, 9.17) is 5.11 Å². The van der Waals surface area contributed by atoms with Gasteiger partial charge in [0.25, 0.3) is 0 Å². The van der Waals surface area contributed by atoms with Gasteiger partial charge in [-0.3, -0.25) is 14.5 Å². The van der Waals surface area contributed by atoms with E-state index in [-0.39, 0.29) is 24.2 Å². The fourth-order valence-corrected chi connectivity index (χ4v) is 3.70. The summed E-state index contributed by atoms with van der Waals surface area (Å²) in [7, 11) is 0. The molecule has 1 amide bonds. The number of hydrogen-bond acceptors (Lipinski definition) is 5. The lowest BCUT2D eigenvalue weighted by Gasteiger charge is -2.40. The number of phenolic OH excluding ortho intramolecular Hbond substituents is 1. The number of phenols is 1. The van der Waals surface area contributed by atoms with Crippen molar-refractivity contribution in [2.75, 3.05) is 44.2 Å². The first-order chi connectivity index (χ1) is 12.0. The van der Waals surface area contributed by atoms with E-state index in [1.807, 2.05) is 12.1 Å². The van der Waals surface area contributed by atoms with Gasteiger partial charge in [0.05, 0.1) is 6.04 Å². The van der Waals surface area contributed by atoms with Crippen LogP contribution in [-0.2, 0) is 9.59 Å². The van der Waals surface area contributed by atoms with Crippen molar-refractivity contribution in [1.29, 1.82) is 0 Å². The zero-order chi connectivity index (χ0) is 17.8. The summed E-state index contributed by atoms with van der Waals surface area (Å²) in [4.78, 5) is 29.7. The minimum atomic E-state index is -0.953. The second kappa shape index (κ2) is 7.74. The average molecular weight is 347 g/mol. The molecule has 0 bridgehead atoms. The van der Waals surface area contributed by atoms with Crippen molar-refractivity contribution in [2.24, 2.45) is 0 Å². The second-order valence-electron chi connectivity index (χ2n) is 6.70. The van der Waals surface area contributed by atoms with Crippen LogP contribution in [0.15, 0.2) is 24.3 Å². The number of aliphatic carboxylic acids is 1. The van der Waals surface area contributed by atoms with Crippen molar-refractivity contribution in [1.82, 2.24) is 9.80 Å². The van der Waals surface area contributed by atoms with Crippen LogP contribution < -0.4 is 4.90 Å². The van der Waals surface area contributed by atoms with Gasteiger partial charge in [-0.25, -0.2) is 0 Å². The third kappa shape index (κ3) is 4.22. The standard InChI is InChI=1S/C18H25N3O4/c22-15-6-4-14(5-7-15)19-9-11-20(12-10-19)16-3-1-2-8-21(18(16)25)13-17(23)24/h4-7,16,22H,1-3,8-13H2,(H,23,24). The SMILES string of the molecule is O=C(O)CN1CCCCC(N2CCN(c3ccc(O)cc3)CC2)C1=O. The highest BCUT2D eigenvalue weighted by Crippen LogP contribution is 2.23. The number of carbonyl (C=O) groups is 2. The van der Waals surface area contributed by atoms with E-state index in [0.717, 1.165) is 51.1 Å². The van der Waals surface area contributed by atoms with E-state index in [1.54, 1.807) is 12.1 Å². The molecule has 1 aromatic rings. The Morgan fingerprint density at radius 1 is 1.04 bits per heavy atom. The number of likely N-dealkylation sites (tertiary alicyclic amines) is 1. The minimum absolute atomic E-state index is 0.0435. The number of piperazine rings is 1. The second-order valence-corrected chi connectivity index (χ2v) is 6.70. The highest BCUT2D eigenvalue weighted by atomic mass is 16.4. The number of rotatable bonds is 4. The van der Waals surface area contributed by atoms with Crippen LogP contribution >= 0.6 is 0 Å². The molecule has 0 aliphatic carbocycles. The van der Waals surface area contributed by atoms with Gasteiger partial charge in [0, 0.05) is 38.4 Å². The first-order valence-corrected chi connectivity index (χ1v) is 8.83. The van der Waals surface area contributed by atoms with E-state index in [2.05, 4.69) is 9.80 Å². The molecule has 2 aliphatic heterocycles. The number of carbonyl (C=O) groups excluding carboxylic acids is 1. The molecular weight excluding hydrogens is 322 g/mol. The van der Waals surface area contributed by atoms with Crippen LogP contribution in [0.4, 0.5) is 5.69 Å². The predicted octanol–water partition coefficient (Wildman–Crippen LogP) is 0.980. The Hall–Kier alpha value is -2.28. The van der Waals surface area contributed by atoms with Crippen LogP contribution in [0.2, 0.25) is 0 Å². The summed E-state index contributed by atoms with van der Waals surface area (Å²) in [6.07, 6.45) is 2.61. The van der Waals surface area contributed by atoms with E-state index < -0.39 is 5.97 Å². The maximum Gasteiger partial charge on any atom is 0.323 e. The van der Waals surface area contributed by atoms with Gasteiger partial charge in [0.1, 0.15) is 12.3 Å². The molecule has 3 rings (SSSR count). The Labute approximate surface area is 147 Å². The first-order valence-electron chi connectivity index (χ1n) is 8.83. The van der Waals surface area contributed by atoms with Crippen LogP contribution in [0.3, 0.4) is 0 Å². The number of benzene rings is 1. The number of nitrogens with zero attached hydrogens (tertiary/aromatic N) is 3. The average Bonchev–Trinajstić information content (AvgIpc) is 2.78. The monoisotopic (exact) mass is 347 g/mol. The molecule has 7 nitrogen and oxygen atoms in total. The van der Waals surface area contributed by atoms with Crippen molar-refractivity contribution in [3.8, 4) is 5.75 Å². The molecule has 0 radical (unpaired) electrons. The lowest BCUT2D eigenvalue weighted by atomic mass is 10.1. The quantitative estimate of drug-likeness (QED) is 0.845. The molecule has 1 unspecified atom stereocenters. The molecule has 2 saturated heterocycles. The molecule has 0 saturated carbocycles. The van der Waals surface area contributed by atoms with Crippen molar-refractivity contribution in [2.45, 2.75) is 25.3 Å². The number of carboxylic acid groups (broad SMARTS) is 1. The molecule has 7 heteroatoms. The Balaban J connectivity index is 1.61. The van der Waals surface area contributed by atoms with Gasteiger partial charge >= 0.3 is 5.97 Å². The van der Waals surface area contributed by atoms with Crippen molar-refractivity contribution >= 4 is 17.6 Å². The van der Waals surface area contributed by atoms with Crippen molar-refractivity contribution in [3.05, 3.63) is 24.3 Å². The smallest absolute Gasteiger partial charge is 0.323 e. The molecule has 2 aliphatic rings. The number of anilines is 1. The van der Waals surface area contributed by atoms with Gasteiger partial charge in [0.2, 0.25) is 5.91 Å².